The van der Waals surface area contributed by atoms with Gasteiger partial charge in [-0.05, 0) is 68.2 Å². The van der Waals surface area contributed by atoms with E-state index >= 15 is 0 Å². The van der Waals surface area contributed by atoms with Gasteiger partial charge in [-0.1, -0.05) is 88.1 Å². The second-order valence-corrected chi connectivity index (χ2v) is 7.01. The van der Waals surface area contributed by atoms with Crippen molar-refractivity contribution in [3.05, 3.63) is 122 Å². The Balaban J connectivity index is 1.83. The molecule has 4 aromatic carbocycles. The molecule has 0 aromatic heterocycles. The molecule has 156 valence electrons. The molecule has 4 aromatic rings. The first-order valence-electron chi connectivity index (χ1n) is 9.82. The van der Waals surface area contributed by atoms with Crippen LogP contribution in [-0.4, -0.2) is 0 Å². The van der Waals surface area contributed by atoms with Gasteiger partial charge in [0.25, 0.3) is 0 Å². The Bertz CT molecular complexity index is 1250. The van der Waals surface area contributed by atoms with Crippen LogP contribution in [0.1, 0.15) is 0 Å². The summed E-state index contributed by atoms with van der Waals surface area (Å²) in [6.07, 6.45) is 0. The van der Waals surface area contributed by atoms with E-state index in [0.717, 1.165) is 33.4 Å². The molecule has 0 fully saturated rings. The summed E-state index contributed by atoms with van der Waals surface area (Å²) in [7, 11) is 0. The first-order valence-corrected chi connectivity index (χ1v) is 9.82. The van der Waals surface area contributed by atoms with Crippen molar-refractivity contribution in [1.82, 2.24) is 0 Å². The minimum Gasteiger partial charge on any atom is -0.0608 e. The number of rotatable bonds is 6. The molecule has 0 bridgehead atoms. The van der Waals surface area contributed by atoms with E-state index in [2.05, 4.69) is 48.3 Å². The van der Waals surface area contributed by atoms with Crippen molar-refractivity contribution in [2.45, 2.75) is 0 Å². The molecule has 0 spiro atoms. The second-order valence-electron chi connectivity index (χ2n) is 7.01. The molecule has 0 radical (unpaired) electrons. The summed E-state index contributed by atoms with van der Waals surface area (Å²) in [4.78, 5) is 8.46. The average molecular weight is 429 g/mol. The van der Waals surface area contributed by atoms with E-state index in [1.54, 1.807) is 36.4 Å². The van der Waals surface area contributed by atoms with Crippen molar-refractivity contribution in [2.75, 3.05) is 0 Å². The maximum atomic E-state index is 8.64. The van der Waals surface area contributed by atoms with Gasteiger partial charge in [0.1, 0.15) is 0 Å². The maximum absolute atomic E-state index is 8.64. The number of nitrogens with zero attached hydrogens (tertiary/aromatic N) is 9. The van der Waals surface area contributed by atoms with E-state index in [1.807, 2.05) is 36.4 Å². The highest BCUT2D eigenvalue weighted by Gasteiger charge is 2.08. The highest BCUT2D eigenvalue weighted by atomic mass is 15.1. The van der Waals surface area contributed by atoms with Crippen molar-refractivity contribution in [2.24, 2.45) is 15.3 Å². The molecular weight excluding hydrogens is 414 g/mol. The molecule has 0 aliphatic rings. The quantitative estimate of drug-likeness (QED) is 0.163. The normalized spacial score (nSPS) is 9.82. The van der Waals surface area contributed by atoms with E-state index in [-0.39, 0.29) is 0 Å². The van der Waals surface area contributed by atoms with Gasteiger partial charge in [-0.2, -0.15) is 0 Å². The van der Waals surface area contributed by atoms with Gasteiger partial charge >= 0.3 is 0 Å². The molecule has 0 heterocycles. The zero-order valence-electron chi connectivity index (χ0n) is 17.2. The summed E-state index contributed by atoms with van der Waals surface area (Å²) in [5.74, 6) is 0. The SMILES string of the molecule is [N-]=[N+]=Nc1ccc(-c2cc(-c3ccc(N=[N+]=[N-])cc3)cc(-c3ccc(N=[N+]=[N-])cc3)c2)cc1. The van der Waals surface area contributed by atoms with Crippen LogP contribution in [0.3, 0.4) is 0 Å². The van der Waals surface area contributed by atoms with Crippen LogP contribution in [0.4, 0.5) is 17.1 Å². The third-order valence-electron chi connectivity index (χ3n) is 5.02. The number of hydrogen-bond donors (Lipinski definition) is 0. The maximum Gasteiger partial charge on any atom is 0.0375 e. The van der Waals surface area contributed by atoms with Gasteiger partial charge in [0.05, 0.1) is 0 Å². The lowest BCUT2D eigenvalue weighted by atomic mass is 9.93. The van der Waals surface area contributed by atoms with Gasteiger partial charge in [0.2, 0.25) is 0 Å². The molecule has 0 saturated heterocycles. The van der Waals surface area contributed by atoms with E-state index < -0.39 is 0 Å². The number of azide groups is 3. The van der Waals surface area contributed by atoms with Gasteiger partial charge in [0.15, 0.2) is 0 Å². The molecular formula is C24H15N9. The van der Waals surface area contributed by atoms with Crippen molar-refractivity contribution < 1.29 is 0 Å². The van der Waals surface area contributed by atoms with Gasteiger partial charge in [-0.3, -0.25) is 0 Å². The van der Waals surface area contributed by atoms with Gasteiger partial charge in [-0.15, -0.1) is 0 Å². The summed E-state index contributed by atoms with van der Waals surface area (Å²) >= 11 is 0. The Morgan fingerprint density at radius 1 is 0.364 bits per heavy atom. The van der Waals surface area contributed by atoms with E-state index in [4.69, 9.17) is 16.6 Å². The highest BCUT2D eigenvalue weighted by molar-refractivity contribution is 5.82. The van der Waals surface area contributed by atoms with Crippen molar-refractivity contribution in [1.29, 1.82) is 0 Å². The second kappa shape index (κ2) is 9.75. The van der Waals surface area contributed by atoms with Gasteiger partial charge in [0, 0.05) is 31.8 Å². The van der Waals surface area contributed by atoms with E-state index in [9.17, 15) is 0 Å². The molecule has 0 amide bonds. The van der Waals surface area contributed by atoms with Crippen LogP contribution >= 0.6 is 0 Å². The summed E-state index contributed by atoms with van der Waals surface area (Å²) < 4.78 is 0. The lowest BCUT2D eigenvalue weighted by molar-refractivity contribution is 1.46. The highest BCUT2D eigenvalue weighted by Crippen LogP contribution is 2.34. The molecule has 0 N–H and O–H groups in total. The smallest absolute Gasteiger partial charge is 0.0375 e. The molecule has 9 nitrogen and oxygen atoms in total. The molecule has 0 aliphatic heterocycles. The van der Waals surface area contributed by atoms with Crippen LogP contribution in [0.2, 0.25) is 0 Å². The van der Waals surface area contributed by atoms with Crippen LogP contribution in [0.15, 0.2) is 106 Å². The first kappa shape index (κ1) is 21.1. The van der Waals surface area contributed by atoms with Gasteiger partial charge < -0.3 is 0 Å². The van der Waals surface area contributed by atoms with Crippen molar-refractivity contribution in [3.63, 3.8) is 0 Å². The zero-order chi connectivity index (χ0) is 23.0. The zero-order valence-corrected chi connectivity index (χ0v) is 17.2. The summed E-state index contributed by atoms with van der Waals surface area (Å²) in [5, 5.41) is 10.9. The number of benzene rings is 4. The van der Waals surface area contributed by atoms with Crippen molar-refractivity contribution >= 4 is 17.1 Å². The molecule has 0 aliphatic carbocycles. The topological polar surface area (TPSA) is 146 Å². The molecule has 33 heavy (non-hydrogen) atoms. The molecule has 9 heteroatoms. The Kier molecular flexibility index (Phi) is 6.22. The lowest BCUT2D eigenvalue weighted by Gasteiger charge is -2.12. The minimum atomic E-state index is 0.542. The van der Waals surface area contributed by atoms with Crippen molar-refractivity contribution in [3.8, 4) is 33.4 Å². The standard InChI is InChI=1S/C24H15N9/c25-31-28-22-7-1-16(2-8-22)19-13-20(17-3-9-23(10-4-17)29-32-26)15-21(14-19)18-5-11-24(12-6-18)30-33-27/h1-15H. The summed E-state index contributed by atoms with van der Waals surface area (Å²) in [6.45, 7) is 0. The lowest BCUT2D eigenvalue weighted by Crippen LogP contribution is -1.86. The van der Waals surface area contributed by atoms with E-state index in [0.29, 0.717) is 17.1 Å². The first-order chi connectivity index (χ1) is 16.2. The van der Waals surface area contributed by atoms with Crippen LogP contribution in [0.25, 0.3) is 64.7 Å². The third kappa shape index (κ3) is 4.94. The van der Waals surface area contributed by atoms with Crippen LogP contribution in [-0.2, 0) is 0 Å². The average Bonchev–Trinajstić information content (AvgIpc) is 2.86. The minimum absolute atomic E-state index is 0.542. The summed E-state index contributed by atoms with van der Waals surface area (Å²) in [6, 6.07) is 28.3. The van der Waals surface area contributed by atoms with Crippen LogP contribution in [0, 0.1) is 0 Å². The molecule has 0 unspecified atom stereocenters. The fourth-order valence-corrected chi connectivity index (χ4v) is 3.44. The summed E-state index contributed by atoms with van der Waals surface area (Å²) in [5.41, 5.74) is 33.4. The number of hydrogen-bond acceptors (Lipinski definition) is 3. The predicted molar refractivity (Wildman–Crippen MR) is 129 cm³/mol. The molecule has 4 rings (SSSR count). The molecule has 0 atom stereocenters. The Morgan fingerprint density at radius 2 is 0.606 bits per heavy atom. The monoisotopic (exact) mass is 429 g/mol. The Morgan fingerprint density at radius 3 is 0.818 bits per heavy atom. The fraction of sp³-hybridized carbons (Fsp3) is 0. The molecule has 0 saturated carbocycles. The van der Waals surface area contributed by atoms with Gasteiger partial charge in [-0.25, -0.2) is 0 Å². The fourth-order valence-electron chi connectivity index (χ4n) is 3.44. The predicted octanol–water partition coefficient (Wildman–Crippen LogP) is 9.51. The largest absolute Gasteiger partial charge is 0.0608 e. The third-order valence-corrected chi connectivity index (χ3v) is 5.02. The van der Waals surface area contributed by atoms with Crippen LogP contribution in [0.5, 0.6) is 0 Å². The van der Waals surface area contributed by atoms with E-state index in [1.165, 1.54) is 0 Å². The Hall–Kier alpha value is -5.19. The van der Waals surface area contributed by atoms with Crippen LogP contribution < -0.4 is 0 Å². The Labute approximate surface area is 188 Å².